The largest absolute Gasteiger partial charge is 0.488 e. The van der Waals surface area contributed by atoms with Gasteiger partial charge in [0.2, 0.25) is 0 Å². The van der Waals surface area contributed by atoms with Crippen LogP contribution in [0.4, 0.5) is 0 Å². The minimum absolute atomic E-state index is 0.232. The summed E-state index contributed by atoms with van der Waals surface area (Å²) in [5, 5.41) is 3.62. The van der Waals surface area contributed by atoms with Gasteiger partial charge in [-0.3, -0.25) is 0 Å². The van der Waals surface area contributed by atoms with E-state index in [1.807, 2.05) is 37.3 Å². The zero-order valence-electron chi connectivity index (χ0n) is 26.2. The van der Waals surface area contributed by atoms with Crippen LogP contribution in [0.15, 0.2) is 67.8 Å². The summed E-state index contributed by atoms with van der Waals surface area (Å²) in [4.78, 5) is 24.2. The fourth-order valence-corrected chi connectivity index (χ4v) is 5.25. The fraction of sp³-hybridized carbons (Fsp3) is 0.459. The maximum Gasteiger partial charge on any atom is 0.330 e. The summed E-state index contributed by atoms with van der Waals surface area (Å²) in [5.41, 5.74) is 1.08. The average molecular weight is 589 g/mol. The molecular weight excluding hydrogens is 540 g/mol. The van der Waals surface area contributed by atoms with Crippen LogP contribution in [0.1, 0.15) is 83.6 Å². The van der Waals surface area contributed by atoms with Gasteiger partial charge >= 0.3 is 11.9 Å². The molecule has 0 N–H and O–H groups in total. The molecule has 0 saturated heterocycles. The van der Waals surface area contributed by atoms with Crippen molar-refractivity contribution >= 4 is 33.5 Å². The van der Waals surface area contributed by atoms with Crippen molar-refractivity contribution in [3.8, 4) is 11.5 Å². The highest BCUT2D eigenvalue weighted by molar-refractivity contribution is 6.11. The standard InChI is InChI=1S/C37H48O6/c1-6-10-12-14-18-28(42-34(38)8-3)25-40-36-30-20-16-17-21-31(30)37(33-24-27(5)22-23-32(33)36)41-26-29(43-35(39)9-4)19-15-13-11-7-2/h8-9,16-17,20-24,28-29H,3-4,6-7,10-15,18-19,25-26H2,1-2,5H3. The summed E-state index contributed by atoms with van der Waals surface area (Å²) < 4.78 is 24.4. The first kappa shape index (κ1) is 33.7. The molecule has 0 aliphatic rings. The number of unbranched alkanes of at least 4 members (excludes halogenated alkanes) is 6. The lowest BCUT2D eigenvalue weighted by atomic mass is 9.99. The Morgan fingerprint density at radius 1 is 0.674 bits per heavy atom. The average Bonchev–Trinajstić information content (AvgIpc) is 3.02. The molecule has 0 aromatic heterocycles. The van der Waals surface area contributed by atoms with E-state index in [1.165, 1.54) is 12.2 Å². The lowest BCUT2D eigenvalue weighted by Crippen LogP contribution is -2.25. The van der Waals surface area contributed by atoms with E-state index in [9.17, 15) is 9.59 Å². The number of esters is 2. The van der Waals surface area contributed by atoms with Crippen LogP contribution >= 0.6 is 0 Å². The second-order valence-corrected chi connectivity index (χ2v) is 11.1. The number of ether oxygens (including phenoxy) is 4. The number of hydrogen-bond donors (Lipinski definition) is 0. The molecule has 3 aromatic rings. The van der Waals surface area contributed by atoms with E-state index in [1.54, 1.807) is 0 Å². The number of rotatable bonds is 20. The molecule has 6 nitrogen and oxygen atoms in total. The first-order valence-electron chi connectivity index (χ1n) is 15.8. The first-order chi connectivity index (χ1) is 20.9. The molecular formula is C37H48O6. The third-order valence-electron chi connectivity index (χ3n) is 7.57. The van der Waals surface area contributed by atoms with Crippen LogP contribution in [-0.4, -0.2) is 37.4 Å². The van der Waals surface area contributed by atoms with E-state index in [-0.39, 0.29) is 25.4 Å². The van der Waals surface area contributed by atoms with Crippen molar-refractivity contribution in [2.45, 2.75) is 97.2 Å². The maximum atomic E-state index is 12.1. The first-order valence-corrected chi connectivity index (χ1v) is 15.8. The third kappa shape index (κ3) is 10.2. The van der Waals surface area contributed by atoms with Crippen LogP contribution in [-0.2, 0) is 19.1 Å². The molecule has 0 bridgehead atoms. The SMILES string of the molecule is C=CC(=O)OC(CCCCCC)COc1c2ccccc2c(OCC(CCCCCC)OC(=O)C=C)c2cc(C)ccc12. The van der Waals surface area contributed by atoms with Crippen molar-refractivity contribution in [3.05, 3.63) is 73.3 Å². The highest BCUT2D eigenvalue weighted by Crippen LogP contribution is 2.43. The Hall–Kier alpha value is -3.80. The van der Waals surface area contributed by atoms with Gasteiger partial charge in [-0.2, -0.15) is 0 Å². The van der Waals surface area contributed by atoms with Gasteiger partial charge in [-0.1, -0.05) is 107 Å². The lowest BCUT2D eigenvalue weighted by Gasteiger charge is -2.23. The number of fused-ring (bicyclic) bond motifs is 2. The van der Waals surface area contributed by atoms with Crippen molar-refractivity contribution in [1.82, 2.24) is 0 Å². The highest BCUT2D eigenvalue weighted by Gasteiger charge is 2.21. The zero-order chi connectivity index (χ0) is 31.0. The van der Waals surface area contributed by atoms with Gasteiger partial charge < -0.3 is 18.9 Å². The van der Waals surface area contributed by atoms with Crippen molar-refractivity contribution in [2.75, 3.05) is 13.2 Å². The zero-order valence-corrected chi connectivity index (χ0v) is 26.2. The van der Waals surface area contributed by atoms with Gasteiger partial charge in [0.15, 0.2) is 0 Å². The minimum atomic E-state index is -0.445. The molecule has 0 aliphatic carbocycles. The molecule has 0 saturated carbocycles. The van der Waals surface area contributed by atoms with Crippen LogP contribution in [0.2, 0.25) is 0 Å². The maximum absolute atomic E-state index is 12.1. The Morgan fingerprint density at radius 3 is 1.60 bits per heavy atom. The van der Waals surface area contributed by atoms with E-state index in [4.69, 9.17) is 18.9 Å². The molecule has 0 fully saturated rings. The minimum Gasteiger partial charge on any atom is -0.488 e. The summed E-state index contributed by atoms with van der Waals surface area (Å²) in [7, 11) is 0. The number of carbonyl (C=O) groups is 2. The molecule has 0 radical (unpaired) electrons. The normalized spacial score (nSPS) is 12.4. The van der Waals surface area contributed by atoms with E-state index in [0.717, 1.165) is 103 Å². The summed E-state index contributed by atoms with van der Waals surface area (Å²) in [5.74, 6) is 0.559. The number of aryl methyl sites for hydroxylation is 1. The molecule has 2 unspecified atom stereocenters. The predicted octanol–water partition coefficient (Wildman–Crippen LogP) is 9.20. The van der Waals surface area contributed by atoms with Crippen LogP contribution in [0.3, 0.4) is 0 Å². The smallest absolute Gasteiger partial charge is 0.330 e. The molecule has 0 spiro atoms. The molecule has 3 rings (SSSR count). The Bertz CT molecular complexity index is 1360. The quantitative estimate of drug-likeness (QED) is 0.0567. The van der Waals surface area contributed by atoms with Crippen LogP contribution in [0, 0.1) is 6.92 Å². The van der Waals surface area contributed by atoms with Crippen molar-refractivity contribution in [3.63, 3.8) is 0 Å². The summed E-state index contributed by atoms with van der Waals surface area (Å²) >= 11 is 0. The molecule has 2 atom stereocenters. The molecule has 0 aliphatic heterocycles. The van der Waals surface area contributed by atoms with Gasteiger partial charge in [-0.05, 0) is 38.7 Å². The van der Waals surface area contributed by atoms with Gasteiger partial charge in [0.25, 0.3) is 0 Å². The van der Waals surface area contributed by atoms with E-state index >= 15 is 0 Å². The van der Waals surface area contributed by atoms with Gasteiger partial charge in [-0.25, -0.2) is 9.59 Å². The number of hydrogen-bond acceptors (Lipinski definition) is 6. The number of carbonyl (C=O) groups excluding carboxylic acids is 2. The number of benzene rings is 3. The Kier molecular flexibility index (Phi) is 14.1. The van der Waals surface area contributed by atoms with Crippen LogP contribution in [0.25, 0.3) is 21.5 Å². The monoisotopic (exact) mass is 588 g/mol. The van der Waals surface area contributed by atoms with Gasteiger partial charge in [-0.15, -0.1) is 0 Å². The molecule has 0 heterocycles. The predicted molar refractivity (Wildman–Crippen MR) is 175 cm³/mol. The van der Waals surface area contributed by atoms with E-state index < -0.39 is 11.9 Å². The Morgan fingerprint density at radius 2 is 1.14 bits per heavy atom. The van der Waals surface area contributed by atoms with Crippen molar-refractivity contribution in [2.24, 2.45) is 0 Å². The van der Waals surface area contributed by atoms with Crippen molar-refractivity contribution < 1.29 is 28.5 Å². The van der Waals surface area contributed by atoms with Gasteiger partial charge in [0, 0.05) is 33.7 Å². The summed E-state index contributed by atoms with van der Waals surface area (Å²) in [6.45, 7) is 14.0. The van der Waals surface area contributed by atoms with E-state index in [2.05, 4.69) is 39.1 Å². The molecule has 43 heavy (non-hydrogen) atoms. The van der Waals surface area contributed by atoms with Gasteiger partial charge in [0.05, 0.1) is 0 Å². The third-order valence-corrected chi connectivity index (χ3v) is 7.57. The summed E-state index contributed by atoms with van der Waals surface area (Å²) in [6.07, 6.45) is 11.7. The van der Waals surface area contributed by atoms with Crippen molar-refractivity contribution in [1.29, 1.82) is 0 Å². The highest BCUT2D eigenvalue weighted by atomic mass is 16.6. The topological polar surface area (TPSA) is 71.1 Å². The second kappa shape index (κ2) is 18.0. The fourth-order valence-electron chi connectivity index (χ4n) is 5.25. The lowest BCUT2D eigenvalue weighted by molar-refractivity contribution is -0.145. The van der Waals surface area contributed by atoms with E-state index in [0.29, 0.717) is 0 Å². The van der Waals surface area contributed by atoms with Crippen LogP contribution in [0.5, 0.6) is 11.5 Å². The Balaban J connectivity index is 1.95. The van der Waals surface area contributed by atoms with Crippen LogP contribution < -0.4 is 9.47 Å². The molecule has 3 aromatic carbocycles. The molecule has 6 heteroatoms. The van der Waals surface area contributed by atoms with Gasteiger partial charge in [0.1, 0.15) is 36.9 Å². The second-order valence-electron chi connectivity index (χ2n) is 11.1. The molecule has 232 valence electrons. The summed E-state index contributed by atoms with van der Waals surface area (Å²) in [6, 6.07) is 14.2. The Labute approximate surface area is 257 Å². The molecule has 0 amide bonds.